The molecule has 7 nitrogen and oxygen atoms in total. The van der Waals surface area contributed by atoms with E-state index in [0.717, 1.165) is 14.8 Å². The number of anilines is 1. The molecular weight excluding hydrogens is 471 g/mol. The summed E-state index contributed by atoms with van der Waals surface area (Å²) >= 11 is 2.11. The number of amides is 1. The van der Waals surface area contributed by atoms with Gasteiger partial charge in [0.05, 0.1) is 11.9 Å². The molecule has 2 heterocycles. The Morgan fingerprint density at radius 1 is 1.18 bits per heavy atom. The number of hydrazone groups is 1. The molecular formula is C20H19IN4O3. The zero-order valence-corrected chi connectivity index (χ0v) is 17.8. The Morgan fingerprint density at radius 2 is 1.86 bits per heavy atom. The fourth-order valence-electron chi connectivity index (χ4n) is 2.27. The highest BCUT2D eigenvalue weighted by Crippen LogP contribution is 2.27. The van der Waals surface area contributed by atoms with E-state index in [9.17, 15) is 4.79 Å². The van der Waals surface area contributed by atoms with Gasteiger partial charge in [0.2, 0.25) is 0 Å². The molecule has 28 heavy (non-hydrogen) atoms. The number of pyridine rings is 1. The molecule has 0 atom stereocenters. The van der Waals surface area contributed by atoms with Crippen molar-refractivity contribution in [3.8, 4) is 11.3 Å². The monoisotopic (exact) mass is 490 g/mol. The maximum Gasteiger partial charge on any atom is 0.435 e. The van der Waals surface area contributed by atoms with Crippen LogP contribution in [0.15, 0.2) is 64.7 Å². The average molecular weight is 490 g/mol. The second-order valence-electron chi connectivity index (χ2n) is 6.84. The van der Waals surface area contributed by atoms with Crippen molar-refractivity contribution < 1.29 is 13.9 Å². The van der Waals surface area contributed by atoms with Crippen molar-refractivity contribution in [3.05, 3.63) is 64.4 Å². The van der Waals surface area contributed by atoms with Crippen LogP contribution in [-0.4, -0.2) is 27.9 Å². The van der Waals surface area contributed by atoms with E-state index in [1.54, 1.807) is 42.9 Å². The minimum atomic E-state index is -0.641. The van der Waals surface area contributed by atoms with Crippen molar-refractivity contribution in [1.82, 2.24) is 9.97 Å². The lowest BCUT2D eigenvalue weighted by molar-refractivity contribution is 0.0581. The highest BCUT2D eigenvalue weighted by atomic mass is 127. The molecule has 0 fully saturated rings. The number of carbonyl (C=O) groups excluding carboxylic acids is 1. The van der Waals surface area contributed by atoms with Crippen LogP contribution >= 0.6 is 22.6 Å². The molecule has 3 aromatic rings. The molecule has 0 N–H and O–H groups in total. The molecule has 0 unspecified atom stereocenters. The van der Waals surface area contributed by atoms with Gasteiger partial charge in [0.1, 0.15) is 9.30 Å². The molecule has 0 spiro atoms. The lowest BCUT2D eigenvalue weighted by Crippen LogP contribution is -2.33. The highest BCUT2D eigenvalue weighted by Gasteiger charge is 2.23. The van der Waals surface area contributed by atoms with Crippen molar-refractivity contribution >= 4 is 40.6 Å². The largest absolute Gasteiger partial charge is 0.442 e. The number of carbonyl (C=O) groups is 1. The SMILES string of the molecule is CC(C)(C)OC(=O)N(/N=C\c1ccncc1)c1ccc(-c2ocnc2I)cc1. The average Bonchev–Trinajstić information content (AvgIpc) is 3.08. The number of halogens is 1. The third-order valence-electron chi connectivity index (χ3n) is 3.49. The number of nitrogens with zero attached hydrogens (tertiary/aromatic N) is 4. The van der Waals surface area contributed by atoms with Gasteiger partial charge < -0.3 is 9.15 Å². The molecule has 0 bridgehead atoms. The number of hydrogen-bond acceptors (Lipinski definition) is 6. The van der Waals surface area contributed by atoms with Crippen molar-refractivity contribution in [2.75, 3.05) is 5.01 Å². The zero-order chi connectivity index (χ0) is 20.1. The summed E-state index contributed by atoms with van der Waals surface area (Å²) in [5.74, 6) is 0.677. The first-order valence-electron chi connectivity index (χ1n) is 8.50. The van der Waals surface area contributed by atoms with Gasteiger partial charge in [0, 0.05) is 18.0 Å². The van der Waals surface area contributed by atoms with Crippen LogP contribution in [0, 0.1) is 3.70 Å². The Labute approximate surface area is 176 Å². The normalized spacial score (nSPS) is 11.6. The van der Waals surface area contributed by atoms with E-state index in [4.69, 9.17) is 9.15 Å². The summed E-state index contributed by atoms with van der Waals surface area (Å²) in [6.45, 7) is 5.43. The van der Waals surface area contributed by atoms with E-state index in [1.165, 1.54) is 11.4 Å². The number of hydrogen-bond donors (Lipinski definition) is 0. The van der Waals surface area contributed by atoms with Crippen LogP contribution in [0.2, 0.25) is 0 Å². The first kappa shape index (κ1) is 20.0. The molecule has 0 saturated heterocycles. The molecule has 1 amide bonds. The predicted octanol–water partition coefficient (Wildman–Crippen LogP) is 5.12. The van der Waals surface area contributed by atoms with Crippen LogP contribution in [0.3, 0.4) is 0 Å². The van der Waals surface area contributed by atoms with Crippen LogP contribution in [0.5, 0.6) is 0 Å². The van der Waals surface area contributed by atoms with E-state index in [1.807, 2.05) is 32.9 Å². The molecule has 3 rings (SSSR count). The summed E-state index contributed by atoms with van der Waals surface area (Å²) in [5, 5.41) is 5.55. The van der Waals surface area contributed by atoms with Crippen molar-refractivity contribution in [2.45, 2.75) is 26.4 Å². The van der Waals surface area contributed by atoms with Gasteiger partial charge in [-0.2, -0.15) is 10.1 Å². The first-order chi connectivity index (χ1) is 13.3. The van der Waals surface area contributed by atoms with Gasteiger partial charge in [-0.25, -0.2) is 9.78 Å². The summed E-state index contributed by atoms with van der Waals surface area (Å²) in [7, 11) is 0. The van der Waals surface area contributed by atoms with Crippen LogP contribution in [0.25, 0.3) is 11.3 Å². The lowest BCUT2D eigenvalue weighted by Gasteiger charge is -2.24. The van der Waals surface area contributed by atoms with Crippen LogP contribution in [0.1, 0.15) is 26.3 Å². The molecule has 0 radical (unpaired) electrons. The van der Waals surface area contributed by atoms with Gasteiger partial charge in [0.15, 0.2) is 12.2 Å². The Kier molecular flexibility index (Phi) is 6.08. The maximum absolute atomic E-state index is 12.7. The summed E-state index contributed by atoms with van der Waals surface area (Å²) in [5.41, 5.74) is 1.60. The maximum atomic E-state index is 12.7. The van der Waals surface area contributed by atoms with Crippen LogP contribution in [-0.2, 0) is 4.74 Å². The minimum absolute atomic E-state index is 0.567. The molecule has 1 aromatic carbocycles. The van der Waals surface area contributed by atoms with Gasteiger partial charge in [-0.05, 0) is 85.3 Å². The Morgan fingerprint density at radius 3 is 2.43 bits per heavy atom. The van der Waals surface area contributed by atoms with Gasteiger partial charge in [-0.1, -0.05) is 0 Å². The predicted molar refractivity (Wildman–Crippen MR) is 115 cm³/mol. The Balaban J connectivity index is 1.90. The lowest BCUT2D eigenvalue weighted by atomic mass is 10.1. The molecule has 2 aromatic heterocycles. The van der Waals surface area contributed by atoms with E-state index in [-0.39, 0.29) is 0 Å². The van der Waals surface area contributed by atoms with Gasteiger partial charge in [-0.15, -0.1) is 0 Å². The summed E-state index contributed by atoms with van der Waals surface area (Å²) < 4.78 is 11.7. The molecule has 0 aliphatic carbocycles. The van der Waals surface area contributed by atoms with E-state index < -0.39 is 11.7 Å². The fraction of sp³-hybridized carbons (Fsp3) is 0.200. The van der Waals surface area contributed by atoms with Gasteiger partial charge in [0.25, 0.3) is 0 Å². The van der Waals surface area contributed by atoms with Crippen molar-refractivity contribution in [1.29, 1.82) is 0 Å². The molecule has 0 aliphatic rings. The van der Waals surface area contributed by atoms with E-state index in [2.05, 4.69) is 37.7 Å². The number of ether oxygens (including phenoxy) is 1. The molecule has 144 valence electrons. The fourth-order valence-corrected chi connectivity index (χ4v) is 2.82. The highest BCUT2D eigenvalue weighted by molar-refractivity contribution is 14.1. The second kappa shape index (κ2) is 8.51. The summed E-state index contributed by atoms with van der Waals surface area (Å²) in [6.07, 6.45) is 5.73. The molecule has 8 heteroatoms. The number of benzene rings is 1. The number of aromatic nitrogens is 2. The molecule has 0 aliphatic heterocycles. The number of rotatable bonds is 4. The van der Waals surface area contributed by atoms with E-state index in [0.29, 0.717) is 11.4 Å². The number of oxazole rings is 1. The van der Waals surface area contributed by atoms with Crippen molar-refractivity contribution in [3.63, 3.8) is 0 Å². The third-order valence-corrected chi connectivity index (χ3v) is 4.26. The summed E-state index contributed by atoms with van der Waals surface area (Å²) in [6, 6.07) is 10.8. The smallest absolute Gasteiger partial charge is 0.435 e. The van der Waals surface area contributed by atoms with Gasteiger partial charge in [-0.3, -0.25) is 4.98 Å². The van der Waals surface area contributed by atoms with Crippen molar-refractivity contribution in [2.24, 2.45) is 5.10 Å². The van der Waals surface area contributed by atoms with Gasteiger partial charge >= 0.3 is 6.09 Å². The topological polar surface area (TPSA) is 80.8 Å². The second-order valence-corrected chi connectivity index (χ2v) is 7.86. The quantitative estimate of drug-likeness (QED) is 0.288. The molecule has 0 saturated carbocycles. The Hall–Kier alpha value is -2.75. The standard InChI is InChI=1S/C20H19IN4O3/c1-20(2,3)28-19(26)25(24-12-14-8-10-22-11-9-14)16-6-4-15(5-7-16)17-18(21)23-13-27-17/h4-13H,1-3H3/b24-12-. The Bertz CT molecular complexity index is 963. The van der Waals surface area contributed by atoms with Crippen LogP contribution in [0.4, 0.5) is 10.5 Å². The summed E-state index contributed by atoms with van der Waals surface area (Å²) in [4.78, 5) is 20.8. The first-order valence-corrected chi connectivity index (χ1v) is 9.58. The minimum Gasteiger partial charge on any atom is -0.442 e. The van der Waals surface area contributed by atoms with E-state index >= 15 is 0 Å². The zero-order valence-electron chi connectivity index (χ0n) is 15.7. The van der Waals surface area contributed by atoms with Crippen LogP contribution < -0.4 is 5.01 Å². The third kappa shape index (κ3) is 5.16.